The van der Waals surface area contributed by atoms with Crippen LogP contribution in [0.4, 0.5) is 9.52 Å². The van der Waals surface area contributed by atoms with Crippen LogP contribution < -0.4 is 4.90 Å². The lowest BCUT2D eigenvalue weighted by molar-refractivity contribution is -0.118. The van der Waals surface area contributed by atoms with Crippen LogP contribution in [0.2, 0.25) is 0 Å². The van der Waals surface area contributed by atoms with Crippen molar-refractivity contribution in [3.05, 3.63) is 82.7 Å². The van der Waals surface area contributed by atoms with E-state index in [0.717, 1.165) is 60.7 Å². The molecule has 170 valence electrons. The van der Waals surface area contributed by atoms with Crippen molar-refractivity contribution in [1.82, 2.24) is 4.98 Å². The van der Waals surface area contributed by atoms with Gasteiger partial charge in [0.2, 0.25) is 0 Å². The average molecular weight is 453 g/mol. The molecule has 1 aromatic heterocycles. The second-order valence-electron chi connectivity index (χ2n) is 8.25. The number of unbranched alkanes of at least 4 members (excludes halogenated alkanes) is 1. The number of rotatable bonds is 12. The van der Waals surface area contributed by atoms with Gasteiger partial charge in [0.25, 0.3) is 0 Å². The lowest BCUT2D eigenvalue weighted by Crippen LogP contribution is -2.25. The zero-order valence-corrected chi connectivity index (χ0v) is 19.9. The molecule has 0 N–H and O–H groups in total. The summed E-state index contributed by atoms with van der Waals surface area (Å²) in [6, 6.07) is 6.46. The third-order valence-electron chi connectivity index (χ3n) is 5.57. The van der Waals surface area contributed by atoms with Gasteiger partial charge in [-0.25, -0.2) is 9.37 Å². The van der Waals surface area contributed by atoms with Crippen molar-refractivity contribution in [3.63, 3.8) is 0 Å². The zero-order valence-electron chi connectivity index (χ0n) is 19.1. The Labute approximate surface area is 195 Å². The van der Waals surface area contributed by atoms with Crippen molar-refractivity contribution in [2.24, 2.45) is 5.92 Å². The first-order valence-electron chi connectivity index (χ1n) is 11.6. The molecule has 1 atom stereocenters. The van der Waals surface area contributed by atoms with Crippen LogP contribution in [0.25, 0.3) is 0 Å². The Morgan fingerprint density at radius 1 is 1.12 bits per heavy atom. The summed E-state index contributed by atoms with van der Waals surface area (Å²) in [6.07, 6.45) is 15.2. The van der Waals surface area contributed by atoms with Crippen molar-refractivity contribution in [3.8, 4) is 0 Å². The highest BCUT2D eigenvalue weighted by Gasteiger charge is 2.24. The van der Waals surface area contributed by atoms with Gasteiger partial charge in [-0.3, -0.25) is 4.79 Å². The molecule has 1 heterocycles. The molecule has 0 radical (unpaired) electrons. The zero-order chi connectivity index (χ0) is 22.8. The Hall–Kier alpha value is -2.53. The molecule has 2 aromatic rings. The fourth-order valence-corrected chi connectivity index (χ4v) is 4.74. The van der Waals surface area contributed by atoms with Crippen LogP contribution in [0.3, 0.4) is 0 Å². The van der Waals surface area contributed by atoms with Crippen LogP contribution in [0, 0.1) is 11.7 Å². The fraction of sp³-hybridized carbons (Fsp3) is 0.407. The average Bonchev–Trinajstić information content (AvgIpc) is 3.09. The van der Waals surface area contributed by atoms with Gasteiger partial charge < -0.3 is 4.90 Å². The van der Waals surface area contributed by atoms with E-state index in [1.807, 2.05) is 30.4 Å². The van der Waals surface area contributed by atoms with Crippen LogP contribution in [-0.4, -0.2) is 23.9 Å². The quantitative estimate of drug-likeness (QED) is 0.359. The van der Waals surface area contributed by atoms with E-state index in [4.69, 9.17) is 4.98 Å². The molecule has 3 nitrogen and oxygen atoms in total. The molecule has 1 unspecified atom stereocenters. The van der Waals surface area contributed by atoms with Crippen LogP contribution in [0.15, 0.2) is 65.6 Å². The summed E-state index contributed by atoms with van der Waals surface area (Å²) in [6.45, 7) is 6.40. The molecule has 0 saturated carbocycles. The molecule has 0 amide bonds. The van der Waals surface area contributed by atoms with Crippen LogP contribution >= 0.6 is 11.3 Å². The van der Waals surface area contributed by atoms with Crippen molar-refractivity contribution >= 4 is 22.3 Å². The van der Waals surface area contributed by atoms with E-state index in [9.17, 15) is 9.18 Å². The standard InChI is InChI=1S/C27H33FN2OS/c1-3-5-17-30(16-4-2)27-29-25(20-32-27)19-23(18-21-12-14-24(28)15-13-21)26(31)22-10-8-6-7-9-11-22/h6,8-15,20,23H,3-5,7,16-19H2,1-2H3. The normalized spacial score (nSPS) is 14.2. The van der Waals surface area contributed by atoms with Gasteiger partial charge in [-0.15, -0.1) is 11.3 Å². The van der Waals surface area contributed by atoms with Gasteiger partial charge in [-0.1, -0.05) is 62.8 Å². The van der Waals surface area contributed by atoms with E-state index in [0.29, 0.717) is 12.8 Å². The summed E-state index contributed by atoms with van der Waals surface area (Å²) in [4.78, 5) is 20.7. The number of ketones is 1. The number of halogens is 1. The number of aromatic nitrogens is 1. The number of Topliss-reactive ketones (excluding diaryl/α,β-unsaturated/α-hetero) is 1. The summed E-state index contributed by atoms with van der Waals surface area (Å²) in [5.41, 5.74) is 2.64. The lowest BCUT2D eigenvalue weighted by atomic mass is 9.87. The summed E-state index contributed by atoms with van der Waals surface area (Å²) in [7, 11) is 0. The SMILES string of the molecule is CCCCN(CCC)c1nc(CC(Cc2ccc(F)cc2)C(=O)C2=CC=CCC=C2)cs1. The predicted molar refractivity (Wildman–Crippen MR) is 133 cm³/mol. The van der Waals surface area contributed by atoms with Crippen molar-refractivity contribution in [2.45, 2.75) is 52.4 Å². The fourth-order valence-electron chi connectivity index (χ4n) is 3.85. The third-order valence-corrected chi connectivity index (χ3v) is 6.52. The van der Waals surface area contributed by atoms with E-state index < -0.39 is 0 Å². The first-order valence-corrected chi connectivity index (χ1v) is 12.5. The van der Waals surface area contributed by atoms with Gasteiger partial charge >= 0.3 is 0 Å². The van der Waals surface area contributed by atoms with Gasteiger partial charge in [-0.05, 0) is 43.4 Å². The Morgan fingerprint density at radius 2 is 1.94 bits per heavy atom. The number of anilines is 1. The molecule has 32 heavy (non-hydrogen) atoms. The maximum Gasteiger partial charge on any atom is 0.185 e. The predicted octanol–water partition coefficient (Wildman–Crippen LogP) is 6.71. The van der Waals surface area contributed by atoms with Gasteiger partial charge in [0.15, 0.2) is 10.9 Å². The number of hydrogen-bond donors (Lipinski definition) is 0. The maximum absolute atomic E-state index is 13.4. The molecule has 5 heteroatoms. The minimum Gasteiger partial charge on any atom is -0.348 e. The van der Waals surface area contributed by atoms with Crippen molar-refractivity contribution in [2.75, 3.05) is 18.0 Å². The number of carbonyl (C=O) groups excluding carboxylic acids is 1. The molecule has 0 bridgehead atoms. The van der Waals surface area contributed by atoms with Gasteiger partial charge in [-0.2, -0.15) is 0 Å². The minimum absolute atomic E-state index is 0.114. The number of hydrogen-bond acceptors (Lipinski definition) is 4. The molecule has 0 saturated heterocycles. The van der Waals surface area contributed by atoms with Crippen molar-refractivity contribution < 1.29 is 9.18 Å². The first kappa shape index (κ1) is 24.1. The van der Waals surface area contributed by atoms with Crippen LogP contribution in [-0.2, 0) is 17.6 Å². The van der Waals surface area contributed by atoms with Gasteiger partial charge in [0.05, 0.1) is 5.69 Å². The first-order chi connectivity index (χ1) is 15.6. The highest BCUT2D eigenvalue weighted by molar-refractivity contribution is 7.13. The summed E-state index contributed by atoms with van der Waals surface area (Å²) in [5, 5.41) is 3.13. The summed E-state index contributed by atoms with van der Waals surface area (Å²) in [5.74, 6) is -0.389. The second-order valence-corrected chi connectivity index (χ2v) is 9.08. The topological polar surface area (TPSA) is 33.2 Å². The Bertz CT molecular complexity index is 958. The van der Waals surface area contributed by atoms with Crippen LogP contribution in [0.5, 0.6) is 0 Å². The minimum atomic E-state index is -0.261. The van der Waals surface area contributed by atoms with E-state index in [-0.39, 0.29) is 17.5 Å². The monoisotopic (exact) mass is 452 g/mol. The van der Waals surface area contributed by atoms with E-state index in [1.54, 1.807) is 23.5 Å². The van der Waals surface area contributed by atoms with E-state index >= 15 is 0 Å². The smallest absolute Gasteiger partial charge is 0.185 e. The molecule has 0 spiro atoms. The number of benzene rings is 1. The number of allylic oxidation sites excluding steroid dienone is 6. The summed E-state index contributed by atoms with van der Waals surface area (Å²) < 4.78 is 13.4. The van der Waals surface area contributed by atoms with Crippen molar-refractivity contribution in [1.29, 1.82) is 0 Å². The molecular formula is C27H33FN2OS. The Kier molecular flexibility index (Phi) is 9.42. The molecule has 3 rings (SSSR count). The molecule has 0 fully saturated rings. The third kappa shape index (κ3) is 6.99. The molecule has 1 aliphatic carbocycles. The maximum atomic E-state index is 13.4. The highest BCUT2D eigenvalue weighted by Crippen LogP contribution is 2.26. The number of thiazole rings is 1. The largest absolute Gasteiger partial charge is 0.348 e. The van der Waals surface area contributed by atoms with Gasteiger partial charge in [0.1, 0.15) is 5.82 Å². The molecule has 0 aliphatic heterocycles. The second kappa shape index (κ2) is 12.5. The van der Waals surface area contributed by atoms with E-state index in [2.05, 4.69) is 24.1 Å². The van der Waals surface area contributed by atoms with Crippen LogP contribution in [0.1, 0.15) is 50.8 Å². The number of carbonyl (C=O) groups is 1. The number of nitrogens with zero attached hydrogens (tertiary/aromatic N) is 2. The molecule has 1 aliphatic rings. The molecule has 1 aromatic carbocycles. The summed E-state index contributed by atoms with van der Waals surface area (Å²) >= 11 is 1.66. The Morgan fingerprint density at radius 3 is 2.69 bits per heavy atom. The molecular weight excluding hydrogens is 419 g/mol. The van der Waals surface area contributed by atoms with E-state index in [1.165, 1.54) is 12.1 Å². The Balaban J connectivity index is 1.81. The lowest BCUT2D eigenvalue weighted by Gasteiger charge is -2.20. The highest BCUT2D eigenvalue weighted by atomic mass is 32.1. The van der Waals surface area contributed by atoms with Gasteiger partial charge in [0, 0.05) is 36.4 Å².